The number of halogens is 2. The standard InChI is InChI=1S/C19H12Cl2N4O6S2/c20-11-6-10-16(7-12(11)21)33(30,31)8-15-17(10)22-19(32-15)24-23-13(18(26)27)5-9-3-1-2-4-14(9)25(28)29/h1-4,6-7H,5,8H2,(H,22,24)(H,26,27)/b23-13+. The van der Waals surface area contributed by atoms with Gasteiger partial charge in [0.05, 0.1) is 36.2 Å². The number of aromatic nitrogens is 1. The van der Waals surface area contributed by atoms with Crippen LogP contribution in [0.2, 0.25) is 10.0 Å². The number of hydrazone groups is 1. The SMILES string of the molecule is O=C(O)/C(Cc1ccccc1[N+](=O)[O-])=N/Nc1nc2c(s1)CS(=O)(=O)c1cc(Cl)c(Cl)cc1-2. The summed E-state index contributed by atoms with van der Waals surface area (Å²) in [6.45, 7) is 0. The summed E-state index contributed by atoms with van der Waals surface area (Å²) in [5.74, 6) is -1.69. The molecular weight excluding hydrogens is 515 g/mol. The lowest BCUT2D eigenvalue weighted by atomic mass is 10.1. The van der Waals surface area contributed by atoms with E-state index in [-0.39, 0.29) is 54.8 Å². The number of benzene rings is 2. The summed E-state index contributed by atoms with van der Waals surface area (Å²) in [5.41, 5.74) is 2.75. The number of nitro groups is 1. The molecule has 0 radical (unpaired) electrons. The molecule has 0 bridgehead atoms. The topological polar surface area (TPSA) is 152 Å². The minimum atomic E-state index is -3.67. The van der Waals surface area contributed by atoms with Gasteiger partial charge in [0.15, 0.2) is 9.84 Å². The molecule has 0 fully saturated rings. The summed E-state index contributed by atoms with van der Waals surface area (Å²) >= 11 is 13.0. The lowest BCUT2D eigenvalue weighted by molar-refractivity contribution is -0.385. The van der Waals surface area contributed by atoms with Gasteiger partial charge in [-0.15, -0.1) is 0 Å². The van der Waals surface area contributed by atoms with Crippen LogP contribution in [0.25, 0.3) is 11.3 Å². The molecule has 33 heavy (non-hydrogen) atoms. The number of nitrogens with one attached hydrogen (secondary N) is 1. The zero-order valence-electron chi connectivity index (χ0n) is 16.3. The van der Waals surface area contributed by atoms with Crippen molar-refractivity contribution in [2.75, 3.05) is 5.43 Å². The van der Waals surface area contributed by atoms with Gasteiger partial charge in [-0.25, -0.2) is 18.2 Å². The predicted molar refractivity (Wildman–Crippen MR) is 124 cm³/mol. The first-order valence-electron chi connectivity index (χ1n) is 9.07. The van der Waals surface area contributed by atoms with Crippen molar-refractivity contribution in [1.29, 1.82) is 0 Å². The number of nitro benzene ring substituents is 1. The highest BCUT2D eigenvalue weighted by Crippen LogP contribution is 2.44. The zero-order valence-corrected chi connectivity index (χ0v) is 19.4. The summed E-state index contributed by atoms with van der Waals surface area (Å²) in [4.78, 5) is 27.0. The van der Waals surface area contributed by atoms with E-state index in [4.69, 9.17) is 23.2 Å². The Hall–Kier alpha value is -3.06. The van der Waals surface area contributed by atoms with Gasteiger partial charge in [0.2, 0.25) is 5.13 Å². The maximum atomic E-state index is 12.7. The van der Waals surface area contributed by atoms with Crippen molar-refractivity contribution < 1.29 is 23.2 Å². The molecule has 1 aliphatic heterocycles. The molecule has 0 amide bonds. The van der Waals surface area contributed by atoms with Crippen molar-refractivity contribution in [2.45, 2.75) is 17.1 Å². The van der Waals surface area contributed by atoms with E-state index in [9.17, 15) is 28.4 Å². The highest BCUT2D eigenvalue weighted by Gasteiger charge is 2.32. The van der Waals surface area contributed by atoms with Crippen LogP contribution in [0.5, 0.6) is 0 Å². The molecule has 10 nitrogen and oxygen atoms in total. The van der Waals surface area contributed by atoms with Crippen molar-refractivity contribution in [3.05, 3.63) is 67.0 Å². The van der Waals surface area contributed by atoms with E-state index < -0.39 is 20.7 Å². The fourth-order valence-corrected chi connectivity index (χ4v) is 6.46. The predicted octanol–water partition coefficient (Wildman–Crippen LogP) is 4.41. The molecule has 4 rings (SSSR count). The Bertz CT molecular complexity index is 1450. The highest BCUT2D eigenvalue weighted by molar-refractivity contribution is 7.91. The van der Waals surface area contributed by atoms with E-state index >= 15 is 0 Å². The third kappa shape index (κ3) is 4.55. The van der Waals surface area contributed by atoms with Crippen LogP contribution >= 0.6 is 34.5 Å². The fraction of sp³-hybridized carbons (Fsp3) is 0.105. The van der Waals surface area contributed by atoms with Crippen molar-refractivity contribution in [3.63, 3.8) is 0 Å². The monoisotopic (exact) mass is 526 g/mol. The molecule has 0 saturated heterocycles. The van der Waals surface area contributed by atoms with Gasteiger partial charge in [-0.05, 0) is 12.1 Å². The second-order valence-electron chi connectivity index (χ2n) is 6.85. The fourth-order valence-electron chi connectivity index (χ4n) is 3.23. The zero-order chi connectivity index (χ0) is 23.9. The number of nitrogens with zero attached hydrogens (tertiary/aromatic N) is 3. The maximum absolute atomic E-state index is 12.7. The van der Waals surface area contributed by atoms with Gasteiger partial charge in [-0.3, -0.25) is 15.5 Å². The quantitative estimate of drug-likeness (QED) is 0.272. The summed E-state index contributed by atoms with van der Waals surface area (Å²) in [6, 6.07) is 8.43. The minimum absolute atomic E-state index is 0.00682. The van der Waals surface area contributed by atoms with Gasteiger partial charge in [-0.1, -0.05) is 52.7 Å². The Morgan fingerprint density at radius 1 is 1.27 bits per heavy atom. The summed E-state index contributed by atoms with van der Waals surface area (Å²) < 4.78 is 25.3. The Kier molecular flexibility index (Phi) is 6.10. The van der Waals surface area contributed by atoms with Crippen molar-refractivity contribution >= 4 is 66.9 Å². The molecule has 1 aliphatic rings. The van der Waals surface area contributed by atoms with Crippen LogP contribution in [0.1, 0.15) is 10.4 Å². The van der Waals surface area contributed by atoms with E-state index in [2.05, 4.69) is 15.5 Å². The lowest BCUT2D eigenvalue weighted by Crippen LogP contribution is -2.18. The van der Waals surface area contributed by atoms with Gasteiger partial charge in [0.1, 0.15) is 5.71 Å². The summed E-state index contributed by atoms with van der Waals surface area (Å²) in [7, 11) is -3.67. The first-order chi connectivity index (χ1) is 15.6. The van der Waals surface area contributed by atoms with Crippen LogP contribution in [-0.2, 0) is 26.8 Å². The van der Waals surface area contributed by atoms with E-state index in [1.807, 2.05) is 0 Å². The average molecular weight is 527 g/mol. The van der Waals surface area contributed by atoms with E-state index in [0.717, 1.165) is 11.3 Å². The number of hydrogen-bond acceptors (Lipinski definition) is 9. The molecule has 0 spiro atoms. The Labute approximate surface area is 200 Å². The van der Waals surface area contributed by atoms with Gasteiger partial charge in [-0.2, -0.15) is 5.10 Å². The van der Waals surface area contributed by atoms with E-state index in [0.29, 0.717) is 10.6 Å². The van der Waals surface area contributed by atoms with Crippen LogP contribution in [0.15, 0.2) is 46.4 Å². The molecule has 2 heterocycles. The Morgan fingerprint density at radius 3 is 2.67 bits per heavy atom. The number of thiazole rings is 1. The lowest BCUT2D eigenvalue weighted by Gasteiger charge is -2.16. The van der Waals surface area contributed by atoms with E-state index in [1.165, 1.54) is 30.3 Å². The Balaban J connectivity index is 1.67. The number of fused-ring (bicyclic) bond motifs is 3. The smallest absolute Gasteiger partial charge is 0.352 e. The third-order valence-corrected chi connectivity index (χ3v) is 8.25. The summed E-state index contributed by atoms with van der Waals surface area (Å²) in [6.07, 6.45) is -0.310. The van der Waals surface area contributed by atoms with Gasteiger partial charge in [0, 0.05) is 23.6 Å². The third-order valence-electron chi connectivity index (χ3n) is 4.71. The molecule has 3 aromatic rings. The minimum Gasteiger partial charge on any atom is -0.477 e. The maximum Gasteiger partial charge on any atom is 0.352 e. The molecular formula is C19H12Cl2N4O6S2. The normalized spacial score (nSPS) is 14.3. The van der Waals surface area contributed by atoms with Gasteiger partial charge >= 0.3 is 5.97 Å². The van der Waals surface area contributed by atoms with Crippen molar-refractivity contribution in [3.8, 4) is 11.3 Å². The molecule has 0 atom stereocenters. The van der Waals surface area contributed by atoms with Crippen molar-refractivity contribution in [1.82, 2.24) is 4.98 Å². The van der Waals surface area contributed by atoms with Crippen LogP contribution < -0.4 is 5.43 Å². The molecule has 2 aromatic carbocycles. The number of hydrogen-bond donors (Lipinski definition) is 2. The van der Waals surface area contributed by atoms with Gasteiger partial charge < -0.3 is 5.11 Å². The first kappa shape index (κ1) is 23.1. The average Bonchev–Trinajstić information content (AvgIpc) is 3.14. The van der Waals surface area contributed by atoms with Gasteiger partial charge in [0.25, 0.3) is 5.69 Å². The van der Waals surface area contributed by atoms with Crippen LogP contribution in [0.3, 0.4) is 0 Å². The van der Waals surface area contributed by atoms with Crippen molar-refractivity contribution in [2.24, 2.45) is 5.10 Å². The van der Waals surface area contributed by atoms with Crippen LogP contribution in [-0.4, -0.2) is 35.1 Å². The number of carboxylic acids is 1. The molecule has 1 aromatic heterocycles. The largest absolute Gasteiger partial charge is 0.477 e. The second kappa shape index (κ2) is 8.71. The van der Waals surface area contributed by atoms with Crippen LogP contribution in [0, 0.1) is 10.1 Å². The molecule has 14 heteroatoms. The molecule has 0 aliphatic carbocycles. The number of rotatable bonds is 6. The molecule has 2 N–H and O–H groups in total. The Morgan fingerprint density at radius 2 is 1.97 bits per heavy atom. The first-order valence-corrected chi connectivity index (χ1v) is 12.3. The number of aliphatic carboxylic acids is 1. The highest BCUT2D eigenvalue weighted by atomic mass is 35.5. The summed E-state index contributed by atoms with van der Waals surface area (Å²) in [5, 5.41) is 24.9. The number of sulfone groups is 1. The number of carbonyl (C=O) groups is 1. The number of carboxylic acid groups (broad SMARTS) is 1. The number of anilines is 1. The van der Waals surface area contributed by atoms with E-state index in [1.54, 1.807) is 6.07 Å². The molecule has 0 saturated carbocycles. The van der Waals surface area contributed by atoms with Crippen LogP contribution in [0.4, 0.5) is 10.8 Å². The molecule has 0 unspecified atom stereocenters. The number of para-hydroxylation sites is 1. The second-order valence-corrected chi connectivity index (χ2v) is 10.7. The molecule has 170 valence electrons.